The van der Waals surface area contributed by atoms with Gasteiger partial charge in [0.25, 0.3) is 0 Å². The van der Waals surface area contributed by atoms with Gasteiger partial charge in [0.15, 0.2) is 0 Å². The Kier molecular flexibility index (Phi) is 2.26. The average molecular weight is 147 g/mol. The van der Waals surface area contributed by atoms with Gasteiger partial charge in [-0.15, -0.1) is 0 Å². The second kappa shape index (κ2) is 2.84. The molecule has 3 unspecified atom stereocenters. The fraction of sp³-hybridized carbons (Fsp3) is 1.00. The number of hydrogen-bond acceptors (Lipinski definition) is 2. The van der Waals surface area contributed by atoms with Crippen LogP contribution < -0.4 is 0 Å². The lowest BCUT2D eigenvalue weighted by Crippen LogP contribution is -2.33. The zero-order valence-corrected chi connectivity index (χ0v) is 6.42. The Balaban J connectivity index is 2.53. The molecule has 0 spiro atoms. The minimum absolute atomic E-state index is 0.0304. The van der Waals surface area contributed by atoms with Gasteiger partial charge in [-0.1, -0.05) is 0 Å². The minimum atomic E-state index is -0.762. The molecule has 2 nitrogen and oxygen atoms in total. The van der Waals surface area contributed by atoms with E-state index >= 15 is 0 Å². The second-order valence-electron chi connectivity index (χ2n) is 2.99. The molecule has 1 aliphatic heterocycles. The van der Waals surface area contributed by atoms with Gasteiger partial charge in [0.1, 0.15) is 6.17 Å². The third-order valence-corrected chi connectivity index (χ3v) is 2.45. The Labute approximate surface area is 60.6 Å². The zero-order chi connectivity index (χ0) is 7.72. The fourth-order valence-corrected chi connectivity index (χ4v) is 1.41. The molecule has 10 heavy (non-hydrogen) atoms. The van der Waals surface area contributed by atoms with Gasteiger partial charge in [-0.2, -0.15) is 0 Å². The zero-order valence-electron chi connectivity index (χ0n) is 6.42. The van der Waals surface area contributed by atoms with Crippen LogP contribution in [-0.2, 0) is 0 Å². The highest BCUT2D eigenvalue weighted by Gasteiger charge is 2.35. The monoisotopic (exact) mass is 147 g/mol. The number of aliphatic hydroxyl groups excluding tert-OH is 1. The van der Waals surface area contributed by atoms with E-state index in [4.69, 9.17) is 5.11 Å². The second-order valence-corrected chi connectivity index (χ2v) is 2.99. The molecule has 0 aromatic heterocycles. The van der Waals surface area contributed by atoms with Crippen LogP contribution in [0.4, 0.5) is 4.39 Å². The Hall–Kier alpha value is -0.150. The van der Waals surface area contributed by atoms with Crippen LogP contribution in [0.1, 0.15) is 13.3 Å². The molecule has 3 atom stereocenters. The third-order valence-electron chi connectivity index (χ3n) is 2.45. The highest BCUT2D eigenvalue weighted by Crippen LogP contribution is 2.24. The molecule has 0 aromatic carbocycles. The molecule has 1 saturated heterocycles. The summed E-state index contributed by atoms with van der Waals surface area (Å²) in [4.78, 5) is 1.89. The predicted octanol–water partition coefficient (Wildman–Crippen LogP) is 0.409. The van der Waals surface area contributed by atoms with E-state index in [1.165, 1.54) is 0 Å². The first-order valence-electron chi connectivity index (χ1n) is 3.63. The van der Waals surface area contributed by atoms with Crippen LogP contribution >= 0.6 is 0 Å². The molecule has 0 bridgehead atoms. The predicted molar refractivity (Wildman–Crippen MR) is 37.6 cm³/mol. The highest BCUT2D eigenvalue weighted by molar-refractivity contribution is 4.89. The molecule has 1 fully saturated rings. The molecule has 0 radical (unpaired) electrons. The highest BCUT2D eigenvalue weighted by atomic mass is 19.1. The quantitative estimate of drug-likeness (QED) is 0.580. The Bertz CT molecular complexity index is 120. The number of aliphatic hydroxyl groups is 1. The van der Waals surface area contributed by atoms with Crippen LogP contribution in [0.5, 0.6) is 0 Å². The van der Waals surface area contributed by atoms with Crippen molar-refractivity contribution in [3.8, 4) is 0 Å². The molecule has 0 aromatic rings. The fourth-order valence-electron chi connectivity index (χ4n) is 1.41. The standard InChI is InChI=1S/C7H14FNO/c1-5-7(8)3-6(4-10)9(5)2/h5-7,10H,3-4H2,1-2H3. The van der Waals surface area contributed by atoms with E-state index in [1.54, 1.807) is 0 Å². The van der Waals surface area contributed by atoms with E-state index in [1.807, 2.05) is 18.9 Å². The van der Waals surface area contributed by atoms with Crippen molar-refractivity contribution >= 4 is 0 Å². The summed E-state index contributed by atoms with van der Waals surface area (Å²) in [7, 11) is 1.85. The topological polar surface area (TPSA) is 23.5 Å². The summed E-state index contributed by atoms with van der Waals surface area (Å²) in [5, 5.41) is 8.76. The van der Waals surface area contributed by atoms with E-state index < -0.39 is 6.17 Å². The summed E-state index contributed by atoms with van der Waals surface area (Å²) < 4.78 is 12.9. The Morgan fingerprint density at radius 2 is 2.30 bits per heavy atom. The molecule has 0 amide bonds. The Morgan fingerprint density at radius 3 is 2.50 bits per heavy atom. The van der Waals surface area contributed by atoms with Gasteiger partial charge in [0.05, 0.1) is 6.61 Å². The molecular formula is C7H14FNO. The van der Waals surface area contributed by atoms with Crippen molar-refractivity contribution in [1.29, 1.82) is 0 Å². The largest absolute Gasteiger partial charge is 0.395 e. The molecule has 0 saturated carbocycles. The lowest BCUT2D eigenvalue weighted by atomic mass is 10.2. The van der Waals surface area contributed by atoms with E-state index in [9.17, 15) is 4.39 Å². The maximum Gasteiger partial charge on any atom is 0.117 e. The average Bonchev–Trinajstić information content (AvgIpc) is 2.17. The lowest BCUT2D eigenvalue weighted by Gasteiger charge is -2.20. The van der Waals surface area contributed by atoms with Crippen LogP contribution in [0.3, 0.4) is 0 Å². The van der Waals surface area contributed by atoms with E-state index in [2.05, 4.69) is 0 Å². The van der Waals surface area contributed by atoms with Crippen molar-refractivity contribution in [1.82, 2.24) is 4.90 Å². The molecule has 1 aliphatic rings. The third kappa shape index (κ3) is 1.16. The molecule has 3 heteroatoms. The van der Waals surface area contributed by atoms with Gasteiger partial charge in [0.2, 0.25) is 0 Å². The normalized spacial score (nSPS) is 42.6. The van der Waals surface area contributed by atoms with E-state index in [-0.39, 0.29) is 18.7 Å². The van der Waals surface area contributed by atoms with Gasteiger partial charge < -0.3 is 5.11 Å². The molecule has 60 valence electrons. The number of alkyl halides is 1. The van der Waals surface area contributed by atoms with Crippen LogP contribution in [0.2, 0.25) is 0 Å². The number of rotatable bonds is 1. The first-order valence-corrected chi connectivity index (χ1v) is 3.63. The summed E-state index contributed by atoms with van der Waals surface area (Å²) in [5.74, 6) is 0. The summed E-state index contributed by atoms with van der Waals surface area (Å²) in [6.07, 6.45) is -0.282. The maximum atomic E-state index is 12.9. The number of halogens is 1. The smallest absolute Gasteiger partial charge is 0.117 e. The van der Waals surface area contributed by atoms with Gasteiger partial charge in [-0.3, -0.25) is 4.90 Å². The van der Waals surface area contributed by atoms with Gasteiger partial charge >= 0.3 is 0 Å². The Morgan fingerprint density at radius 1 is 1.70 bits per heavy atom. The molecule has 1 N–H and O–H groups in total. The minimum Gasteiger partial charge on any atom is -0.395 e. The van der Waals surface area contributed by atoms with Gasteiger partial charge in [-0.25, -0.2) is 4.39 Å². The van der Waals surface area contributed by atoms with Crippen LogP contribution in [0.15, 0.2) is 0 Å². The van der Waals surface area contributed by atoms with E-state index in [0.29, 0.717) is 6.42 Å². The van der Waals surface area contributed by atoms with Crippen molar-refractivity contribution in [2.45, 2.75) is 31.6 Å². The number of hydrogen-bond donors (Lipinski definition) is 1. The lowest BCUT2D eigenvalue weighted by molar-refractivity contribution is 0.156. The van der Waals surface area contributed by atoms with Crippen molar-refractivity contribution in [2.75, 3.05) is 13.7 Å². The van der Waals surface area contributed by atoms with Crippen molar-refractivity contribution in [3.63, 3.8) is 0 Å². The SMILES string of the molecule is CC1C(F)CC(CO)N1C. The molecule has 1 heterocycles. The van der Waals surface area contributed by atoms with Crippen LogP contribution in [0.25, 0.3) is 0 Å². The summed E-state index contributed by atoms with van der Waals surface area (Å²) in [5.41, 5.74) is 0. The van der Waals surface area contributed by atoms with Crippen molar-refractivity contribution < 1.29 is 9.50 Å². The van der Waals surface area contributed by atoms with Gasteiger partial charge in [-0.05, 0) is 20.4 Å². The van der Waals surface area contributed by atoms with Crippen LogP contribution in [-0.4, -0.2) is 41.9 Å². The first-order chi connectivity index (χ1) is 4.66. The van der Waals surface area contributed by atoms with Gasteiger partial charge in [0, 0.05) is 12.1 Å². The van der Waals surface area contributed by atoms with E-state index in [0.717, 1.165) is 0 Å². The molecular weight excluding hydrogens is 133 g/mol. The molecule has 1 rings (SSSR count). The molecule has 0 aliphatic carbocycles. The number of likely N-dealkylation sites (tertiary alicyclic amines) is 1. The summed E-state index contributed by atoms with van der Waals surface area (Å²) >= 11 is 0. The number of likely N-dealkylation sites (N-methyl/N-ethyl adjacent to an activating group) is 1. The van der Waals surface area contributed by atoms with Crippen LogP contribution in [0, 0.1) is 0 Å². The summed E-state index contributed by atoms with van der Waals surface area (Å²) in [6.45, 7) is 1.92. The van der Waals surface area contributed by atoms with Crippen molar-refractivity contribution in [3.05, 3.63) is 0 Å². The summed E-state index contributed by atoms with van der Waals surface area (Å²) in [6, 6.07) is 0.00199. The number of nitrogens with zero attached hydrogens (tertiary/aromatic N) is 1. The first kappa shape index (κ1) is 7.95. The maximum absolute atomic E-state index is 12.9. The van der Waals surface area contributed by atoms with Crippen molar-refractivity contribution in [2.24, 2.45) is 0 Å².